The Bertz CT molecular complexity index is 3390. The predicted octanol–water partition coefficient (Wildman–Crippen LogP) is 12.3. The van der Waals surface area contributed by atoms with Crippen LogP contribution in [0, 0.1) is 18.6 Å². The molecule has 20 heteroatoms. The number of carbonyl (C=O) groups is 2. The number of rotatable bonds is 16. The van der Waals surface area contributed by atoms with Gasteiger partial charge in [-0.3, -0.25) is 19.4 Å². The Morgan fingerprint density at radius 2 is 1.05 bits per heavy atom. The van der Waals surface area contributed by atoms with Crippen molar-refractivity contribution in [1.29, 1.82) is 0 Å². The van der Waals surface area contributed by atoms with Crippen LogP contribution in [-0.4, -0.2) is 79.4 Å². The molecule has 2 heterocycles. The summed E-state index contributed by atoms with van der Waals surface area (Å²) in [7, 11) is 2.96. The van der Waals surface area contributed by atoms with Gasteiger partial charge in [-0.15, -0.1) is 0 Å². The van der Waals surface area contributed by atoms with Crippen molar-refractivity contribution in [3.05, 3.63) is 154 Å². The Morgan fingerprint density at radius 3 is 1.62 bits per heavy atom. The third-order valence-corrected chi connectivity index (χ3v) is 11.9. The first-order chi connectivity index (χ1) is 34.6. The van der Waals surface area contributed by atoms with Crippen LogP contribution in [0.25, 0.3) is 79.1 Å². The summed E-state index contributed by atoms with van der Waals surface area (Å²) in [5, 5.41) is 26.3. The van der Waals surface area contributed by atoms with Crippen molar-refractivity contribution in [1.82, 2.24) is 30.1 Å². The molecule has 2 aromatic heterocycles. The van der Waals surface area contributed by atoms with Crippen LogP contribution in [0.15, 0.2) is 118 Å². The standard InChI is InChI=1S/C53H42F8N6O6/c1-5-29-18-30(12-15-38(29)40-17-14-32(22-43(40)53(59,60)61)50-62-48(64-72-50)31-10-11-34(44(54)23-31)24-66(3)26-45(68)69)35-19-36(25-67(4)27-46(70)71)47(55)41(20-35)49-63-51(73-65-49)33-13-16-39(42(21-33)52(56,57)58)37-9-7-6-8-28(37)2/h6-23H,5,24-27H2,1-4H3,(H,68,69)(H,70,71). The van der Waals surface area contributed by atoms with E-state index in [2.05, 4.69) is 20.3 Å². The van der Waals surface area contributed by atoms with Gasteiger partial charge in [0, 0.05) is 40.9 Å². The second kappa shape index (κ2) is 20.6. The number of benzene rings is 6. The zero-order valence-corrected chi connectivity index (χ0v) is 39.2. The van der Waals surface area contributed by atoms with Gasteiger partial charge in [0.15, 0.2) is 0 Å². The largest absolute Gasteiger partial charge is 0.480 e. The predicted molar refractivity (Wildman–Crippen MR) is 252 cm³/mol. The summed E-state index contributed by atoms with van der Waals surface area (Å²) in [5.41, 5.74) is -0.00657. The number of likely N-dealkylation sites (N-methyl/N-ethyl adjacent to an activating group) is 2. The van der Waals surface area contributed by atoms with Gasteiger partial charge in [0.2, 0.25) is 11.6 Å². The van der Waals surface area contributed by atoms with Crippen molar-refractivity contribution in [2.45, 2.75) is 45.7 Å². The first-order valence-electron chi connectivity index (χ1n) is 22.3. The van der Waals surface area contributed by atoms with Crippen molar-refractivity contribution in [3.63, 3.8) is 0 Å². The van der Waals surface area contributed by atoms with E-state index in [9.17, 15) is 41.0 Å². The van der Waals surface area contributed by atoms with E-state index >= 15 is 8.78 Å². The summed E-state index contributed by atoms with van der Waals surface area (Å²) in [6.45, 7) is 2.37. The van der Waals surface area contributed by atoms with E-state index in [0.717, 1.165) is 18.2 Å². The highest BCUT2D eigenvalue weighted by Crippen LogP contribution is 2.44. The Hall–Kier alpha value is -8.10. The lowest BCUT2D eigenvalue weighted by molar-refractivity contribution is -0.139. The lowest BCUT2D eigenvalue weighted by Crippen LogP contribution is -2.25. The first-order valence-corrected chi connectivity index (χ1v) is 22.3. The molecule has 0 unspecified atom stereocenters. The van der Waals surface area contributed by atoms with Gasteiger partial charge >= 0.3 is 24.3 Å². The van der Waals surface area contributed by atoms with Crippen molar-refractivity contribution in [2.24, 2.45) is 0 Å². The van der Waals surface area contributed by atoms with Gasteiger partial charge < -0.3 is 19.3 Å². The number of hydrogen-bond donors (Lipinski definition) is 2. The molecule has 0 saturated carbocycles. The fourth-order valence-corrected chi connectivity index (χ4v) is 8.50. The van der Waals surface area contributed by atoms with E-state index in [-0.39, 0.29) is 99.6 Å². The van der Waals surface area contributed by atoms with Crippen LogP contribution in [0.3, 0.4) is 0 Å². The minimum absolute atomic E-state index is 0.0101. The molecule has 12 nitrogen and oxygen atoms in total. The Morgan fingerprint density at radius 1 is 0.548 bits per heavy atom. The topological polar surface area (TPSA) is 159 Å². The van der Waals surface area contributed by atoms with Gasteiger partial charge in [-0.05, 0) is 114 Å². The van der Waals surface area contributed by atoms with E-state index in [1.165, 1.54) is 84.6 Å². The van der Waals surface area contributed by atoms with Crippen LogP contribution in [0.2, 0.25) is 0 Å². The van der Waals surface area contributed by atoms with Crippen LogP contribution in [-0.2, 0) is 41.5 Å². The molecule has 73 heavy (non-hydrogen) atoms. The van der Waals surface area contributed by atoms with Crippen LogP contribution in [0.4, 0.5) is 35.1 Å². The highest BCUT2D eigenvalue weighted by Gasteiger charge is 2.36. The van der Waals surface area contributed by atoms with E-state index in [1.807, 2.05) is 0 Å². The summed E-state index contributed by atoms with van der Waals surface area (Å²) in [5.74, 6) is -4.92. The minimum Gasteiger partial charge on any atom is -0.480 e. The SMILES string of the molecule is CCc1cc(-c2cc(CN(C)CC(=O)O)c(F)c(-c3noc(-c4ccc(-c5ccccc5C)c(C(F)(F)F)c4)n3)c2)ccc1-c1ccc(-c2nc(-c3ccc(CN(C)CC(=O)O)c(F)c3)no2)cc1C(F)(F)F. The Labute approximate surface area is 411 Å². The maximum Gasteiger partial charge on any atom is 0.417 e. The number of carboxylic acids is 2. The van der Waals surface area contributed by atoms with Gasteiger partial charge in [0.1, 0.15) is 11.6 Å². The molecular weight excluding hydrogens is 969 g/mol. The van der Waals surface area contributed by atoms with E-state index < -0.39 is 53.6 Å². The number of aryl methyl sites for hydroxylation is 2. The highest BCUT2D eigenvalue weighted by molar-refractivity contribution is 5.80. The van der Waals surface area contributed by atoms with Crippen molar-refractivity contribution in [3.8, 4) is 79.1 Å². The number of nitrogens with zero attached hydrogens (tertiary/aromatic N) is 6. The minimum atomic E-state index is -4.89. The molecule has 0 radical (unpaired) electrons. The molecule has 0 spiro atoms. The molecule has 8 aromatic rings. The quantitative estimate of drug-likeness (QED) is 0.0884. The van der Waals surface area contributed by atoms with Gasteiger partial charge in [-0.2, -0.15) is 36.3 Å². The summed E-state index contributed by atoms with van der Waals surface area (Å²) in [4.78, 5) is 33.9. The summed E-state index contributed by atoms with van der Waals surface area (Å²) in [6.07, 6.45) is -9.46. The second-order valence-corrected chi connectivity index (χ2v) is 17.3. The maximum atomic E-state index is 16.6. The normalized spacial score (nSPS) is 12.0. The molecule has 376 valence electrons. The Balaban J connectivity index is 1.14. The number of hydrogen-bond acceptors (Lipinski definition) is 10. The molecule has 8 rings (SSSR count). The number of aromatic nitrogens is 4. The van der Waals surface area contributed by atoms with Crippen molar-refractivity contribution < 1.29 is 64.0 Å². The maximum absolute atomic E-state index is 16.6. The molecule has 0 atom stereocenters. The molecule has 0 bridgehead atoms. The fraction of sp³-hybridized carbons (Fsp3) is 0.208. The summed E-state index contributed by atoms with van der Waals surface area (Å²) < 4.78 is 131. The zero-order chi connectivity index (χ0) is 52.5. The molecule has 0 fully saturated rings. The summed E-state index contributed by atoms with van der Waals surface area (Å²) >= 11 is 0. The van der Waals surface area contributed by atoms with Crippen LogP contribution in [0.1, 0.15) is 40.3 Å². The van der Waals surface area contributed by atoms with Crippen LogP contribution < -0.4 is 0 Å². The molecule has 0 amide bonds. The third-order valence-electron chi connectivity index (χ3n) is 11.9. The first kappa shape index (κ1) is 51.3. The van der Waals surface area contributed by atoms with Gasteiger partial charge in [-0.25, -0.2) is 8.78 Å². The van der Waals surface area contributed by atoms with E-state index in [0.29, 0.717) is 27.8 Å². The average Bonchev–Trinajstić information content (AvgIpc) is 4.03. The van der Waals surface area contributed by atoms with Gasteiger partial charge in [0.25, 0.3) is 11.8 Å². The fourth-order valence-electron chi connectivity index (χ4n) is 8.50. The molecule has 6 aromatic carbocycles. The van der Waals surface area contributed by atoms with E-state index in [1.54, 1.807) is 44.2 Å². The summed E-state index contributed by atoms with van der Waals surface area (Å²) in [6, 6.07) is 25.0. The molecule has 0 aliphatic rings. The number of halogens is 8. The smallest absolute Gasteiger partial charge is 0.417 e. The van der Waals surface area contributed by atoms with Crippen LogP contribution >= 0.6 is 0 Å². The molecule has 0 aliphatic heterocycles. The van der Waals surface area contributed by atoms with Gasteiger partial charge in [-0.1, -0.05) is 84.0 Å². The molecule has 0 aliphatic carbocycles. The number of aliphatic carboxylic acids is 2. The van der Waals surface area contributed by atoms with Gasteiger partial charge in [0.05, 0.1) is 29.8 Å². The second-order valence-electron chi connectivity index (χ2n) is 17.3. The van der Waals surface area contributed by atoms with Crippen molar-refractivity contribution in [2.75, 3.05) is 27.2 Å². The zero-order valence-electron chi connectivity index (χ0n) is 39.2. The number of carboxylic acid groups (broad SMARTS) is 2. The average molecular weight is 1010 g/mol. The molecular formula is C53H42F8N6O6. The molecule has 2 N–H and O–H groups in total. The van der Waals surface area contributed by atoms with Crippen molar-refractivity contribution >= 4 is 11.9 Å². The number of alkyl halides is 6. The monoisotopic (exact) mass is 1010 g/mol. The van der Waals surface area contributed by atoms with Crippen LogP contribution in [0.5, 0.6) is 0 Å². The Kier molecular flexibility index (Phi) is 14.4. The lowest BCUT2D eigenvalue weighted by Gasteiger charge is -2.19. The third kappa shape index (κ3) is 11.3. The highest BCUT2D eigenvalue weighted by atomic mass is 19.4. The van der Waals surface area contributed by atoms with E-state index in [4.69, 9.17) is 14.2 Å². The molecule has 0 saturated heterocycles. The lowest BCUT2D eigenvalue weighted by atomic mass is 9.89.